The number of hydrogen-bond acceptors (Lipinski definition) is 2. The summed E-state index contributed by atoms with van der Waals surface area (Å²) in [6.07, 6.45) is 8.02. The fourth-order valence-corrected chi connectivity index (χ4v) is 2.08. The third kappa shape index (κ3) is 1.16. The van der Waals surface area contributed by atoms with Gasteiger partial charge in [0.25, 0.3) is 0 Å². The number of nitrogens with two attached hydrogens (primary N) is 1. The SMILES string of the molecule is CN1CC=CC2=C1CCCC2N. The zero-order valence-electron chi connectivity index (χ0n) is 7.59. The van der Waals surface area contributed by atoms with Crippen LogP contribution < -0.4 is 5.73 Å². The summed E-state index contributed by atoms with van der Waals surface area (Å²) in [5, 5.41) is 0. The number of allylic oxidation sites excluding steroid dienone is 1. The van der Waals surface area contributed by atoms with Crippen molar-refractivity contribution in [3.63, 3.8) is 0 Å². The molecule has 0 aromatic carbocycles. The van der Waals surface area contributed by atoms with Crippen molar-refractivity contribution >= 4 is 0 Å². The summed E-state index contributed by atoms with van der Waals surface area (Å²) in [5.74, 6) is 0. The minimum atomic E-state index is 0.285. The molecule has 2 rings (SSSR count). The van der Waals surface area contributed by atoms with Gasteiger partial charge < -0.3 is 10.6 Å². The summed E-state index contributed by atoms with van der Waals surface area (Å²) in [6.45, 7) is 1.05. The number of hydrogen-bond donors (Lipinski definition) is 1. The van der Waals surface area contributed by atoms with Crippen LogP contribution in [-0.2, 0) is 0 Å². The number of rotatable bonds is 0. The Morgan fingerprint density at radius 3 is 3.17 bits per heavy atom. The maximum Gasteiger partial charge on any atom is 0.0356 e. The highest BCUT2D eigenvalue weighted by Crippen LogP contribution is 2.28. The van der Waals surface area contributed by atoms with Crippen LogP contribution in [0.5, 0.6) is 0 Å². The van der Waals surface area contributed by atoms with Gasteiger partial charge in [0.2, 0.25) is 0 Å². The standard InChI is InChI=1S/C10H16N2/c1-12-7-3-4-8-9(11)5-2-6-10(8)12/h3-4,9H,2,5-7,11H2,1H3. The second kappa shape index (κ2) is 2.94. The lowest BCUT2D eigenvalue weighted by Crippen LogP contribution is -2.33. The van der Waals surface area contributed by atoms with Crippen LogP contribution in [0.3, 0.4) is 0 Å². The summed E-state index contributed by atoms with van der Waals surface area (Å²) in [7, 11) is 2.15. The highest BCUT2D eigenvalue weighted by Gasteiger charge is 2.21. The second-order valence-electron chi connectivity index (χ2n) is 3.68. The Morgan fingerprint density at radius 1 is 1.58 bits per heavy atom. The lowest BCUT2D eigenvalue weighted by Gasteiger charge is -2.33. The maximum atomic E-state index is 6.02. The van der Waals surface area contributed by atoms with Crippen LogP contribution in [0.2, 0.25) is 0 Å². The van der Waals surface area contributed by atoms with E-state index in [4.69, 9.17) is 5.73 Å². The molecule has 0 spiro atoms. The minimum absolute atomic E-state index is 0.285. The number of nitrogens with zero attached hydrogens (tertiary/aromatic N) is 1. The average molecular weight is 164 g/mol. The van der Waals surface area contributed by atoms with Crippen LogP contribution in [0.4, 0.5) is 0 Å². The van der Waals surface area contributed by atoms with E-state index in [0.29, 0.717) is 0 Å². The molecule has 12 heavy (non-hydrogen) atoms. The Morgan fingerprint density at radius 2 is 2.42 bits per heavy atom. The fraction of sp³-hybridized carbons (Fsp3) is 0.600. The van der Waals surface area contributed by atoms with Gasteiger partial charge in [0, 0.05) is 25.3 Å². The molecule has 2 heteroatoms. The van der Waals surface area contributed by atoms with E-state index in [0.717, 1.165) is 13.0 Å². The molecule has 0 fully saturated rings. The molecule has 0 aromatic rings. The van der Waals surface area contributed by atoms with E-state index >= 15 is 0 Å². The van der Waals surface area contributed by atoms with Crippen LogP contribution >= 0.6 is 0 Å². The first-order chi connectivity index (χ1) is 5.79. The normalized spacial score (nSPS) is 29.2. The average Bonchev–Trinajstić information content (AvgIpc) is 2.07. The molecule has 0 radical (unpaired) electrons. The van der Waals surface area contributed by atoms with E-state index in [1.807, 2.05) is 0 Å². The van der Waals surface area contributed by atoms with Gasteiger partial charge >= 0.3 is 0 Å². The van der Waals surface area contributed by atoms with Crippen molar-refractivity contribution < 1.29 is 0 Å². The molecule has 0 aromatic heterocycles. The van der Waals surface area contributed by atoms with E-state index < -0.39 is 0 Å². The summed E-state index contributed by atoms with van der Waals surface area (Å²) in [4.78, 5) is 2.31. The highest BCUT2D eigenvalue weighted by molar-refractivity contribution is 5.34. The van der Waals surface area contributed by atoms with Gasteiger partial charge in [-0.1, -0.05) is 12.2 Å². The zero-order chi connectivity index (χ0) is 8.55. The van der Waals surface area contributed by atoms with Crippen molar-refractivity contribution in [3.8, 4) is 0 Å². The van der Waals surface area contributed by atoms with Crippen molar-refractivity contribution in [3.05, 3.63) is 23.4 Å². The molecule has 1 aliphatic carbocycles. The van der Waals surface area contributed by atoms with Gasteiger partial charge in [-0.2, -0.15) is 0 Å². The summed E-state index contributed by atoms with van der Waals surface area (Å²) in [6, 6.07) is 0.285. The minimum Gasteiger partial charge on any atom is -0.374 e. The molecule has 1 atom stereocenters. The third-order valence-electron chi connectivity index (χ3n) is 2.80. The molecule has 1 aliphatic heterocycles. The Bertz CT molecular complexity index is 240. The molecule has 66 valence electrons. The van der Waals surface area contributed by atoms with Gasteiger partial charge in [0.05, 0.1) is 0 Å². The molecule has 2 N–H and O–H groups in total. The Balaban J connectivity index is 2.33. The van der Waals surface area contributed by atoms with E-state index in [1.165, 1.54) is 24.1 Å². The van der Waals surface area contributed by atoms with Crippen LogP contribution in [0.1, 0.15) is 19.3 Å². The van der Waals surface area contributed by atoms with Gasteiger partial charge in [-0.3, -0.25) is 0 Å². The van der Waals surface area contributed by atoms with Crippen LogP contribution in [0, 0.1) is 0 Å². The largest absolute Gasteiger partial charge is 0.374 e. The molecule has 0 bridgehead atoms. The predicted octanol–water partition coefficient (Wildman–Crippen LogP) is 1.25. The van der Waals surface area contributed by atoms with Gasteiger partial charge in [0.15, 0.2) is 0 Å². The molecule has 1 heterocycles. The van der Waals surface area contributed by atoms with Crippen molar-refractivity contribution in [1.29, 1.82) is 0 Å². The van der Waals surface area contributed by atoms with Crippen LogP contribution in [-0.4, -0.2) is 24.5 Å². The molecular weight excluding hydrogens is 148 g/mol. The first kappa shape index (κ1) is 7.87. The van der Waals surface area contributed by atoms with Crippen molar-refractivity contribution in [2.75, 3.05) is 13.6 Å². The van der Waals surface area contributed by atoms with E-state index in [2.05, 4.69) is 24.1 Å². The third-order valence-corrected chi connectivity index (χ3v) is 2.80. The fourth-order valence-electron chi connectivity index (χ4n) is 2.08. The molecule has 1 unspecified atom stereocenters. The van der Waals surface area contributed by atoms with E-state index in [1.54, 1.807) is 0 Å². The van der Waals surface area contributed by atoms with Gasteiger partial charge in [-0.05, 0) is 24.8 Å². The van der Waals surface area contributed by atoms with Gasteiger partial charge in [0.1, 0.15) is 0 Å². The van der Waals surface area contributed by atoms with Crippen molar-refractivity contribution in [2.45, 2.75) is 25.3 Å². The van der Waals surface area contributed by atoms with Crippen molar-refractivity contribution in [2.24, 2.45) is 5.73 Å². The predicted molar refractivity (Wildman–Crippen MR) is 50.6 cm³/mol. The first-order valence-electron chi connectivity index (χ1n) is 4.65. The zero-order valence-corrected chi connectivity index (χ0v) is 7.59. The van der Waals surface area contributed by atoms with E-state index in [9.17, 15) is 0 Å². The molecule has 2 nitrogen and oxygen atoms in total. The number of likely N-dealkylation sites (N-methyl/N-ethyl adjacent to an activating group) is 1. The second-order valence-corrected chi connectivity index (χ2v) is 3.68. The van der Waals surface area contributed by atoms with Crippen LogP contribution in [0.25, 0.3) is 0 Å². The Kier molecular flexibility index (Phi) is 1.93. The van der Waals surface area contributed by atoms with Gasteiger partial charge in [-0.25, -0.2) is 0 Å². The van der Waals surface area contributed by atoms with Crippen LogP contribution in [0.15, 0.2) is 23.4 Å². The molecule has 0 saturated heterocycles. The Labute approximate surface area is 73.7 Å². The summed E-state index contributed by atoms with van der Waals surface area (Å²) >= 11 is 0. The van der Waals surface area contributed by atoms with Gasteiger partial charge in [-0.15, -0.1) is 0 Å². The quantitative estimate of drug-likeness (QED) is 0.584. The lowest BCUT2D eigenvalue weighted by atomic mass is 9.89. The Hall–Kier alpha value is -0.760. The lowest BCUT2D eigenvalue weighted by molar-refractivity contribution is 0.400. The molecule has 2 aliphatic rings. The topological polar surface area (TPSA) is 29.3 Å². The monoisotopic (exact) mass is 164 g/mol. The van der Waals surface area contributed by atoms with Crippen molar-refractivity contribution in [1.82, 2.24) is 4.90 Å². The van der Waals surface area contributed by atoms with E-state index in [-0.39, 0.29) is 6.04 Å². The smallest absolute Gasteiger partial charge is 0.0356 e. The maximum absolute atomic E-state index is 6.02. The molecule has 0 amide bonds. The summed E-state index contributed by atoms with van der Waals surface area (Å²) in [5.41, 5.74) is 8.85. The summed E-state index contributed by atoms with van der Waals surface area (Å²) < 4.78 is 0. The molecule has 0 saturated carbocycles. The molecular formula is C10H16N2. The first-order valence-corrected chi connectivity index (χ1v) is 4.65. The highest BCUT2D eigenvalue weighted by atomic mass is 15.1.